The highest BCUT2D eigenvalue weighted by Crippen LogP contribution is 2.30. The molecule has 1 aliphatic heterocycles. The minimum Gasteiger partial charge on any atom is -0.480 e. The second kappa shape index (κ2) is 5.75. The number of benzene rings is 1. The monoisotopic (exact) mass is 294 g/mol. The van der Waals surface area contributed by atoms with E-state index in [1.807, 2.05) is 38.1 Å². The van der Waals surface area contributed by atoms with Crippen molar-refractivity contribution in [2.75, 3.05) is 17.7 Å². The quantitative estimate of drug-likeness (QED) is 0.910. The smallest absolute Gasteiger partial charge is 0.327 e. The number of urea groups is 1. The van der Waals surface area contributed by atoms with Gasteiger partial charge in [-0.05, 0) is 26.0 Å². The fourth-order valence-corrected chi connectivity index (χ4v) is 3.34. The number of carbonyl (C=O) groups excluding carboxylic acids is 1. The number of thioether (sulfide) groups is 1. The van der Waals surface area contributed by atoms with E-state index in [1.165, 1.54) is 21.6 Å². The van der Waals surface area contributed by atoms with Gasteiger partial charge in [-0.2, -0.15) is 0 Å². The van der Waals surface area contributed by atoms with Crippen LogP contribution in [0.25, 0.3) is 0 Å². The van der Waals surface area contributed by atoms with Crippen molar-refractivity contribution in [3.63, 3.8) is 0 Å². The van der Waals surface area contributed by atoms with Gasteiger partial charge in [-0.25, -0.2) is 9.59 Å². The zero-order valence-electron chi connectivity index (χ0n) is 11.7. The first-order valence-electron chi connectivity index (χ1n) is 6.39. The summed E-state index contributed by atoms with van der Waals surface area (Å²) in [5.74, 6) is -0.517. The molecule has 2 atom stereocenters. The van der Waals surface area contributed by atoms with Crippen LogP contribution in [-0.2, 0) is 4.79 Å². The lowest BCUT2D eigenvalue weighted by molar-refractivity contribution is -0.141. The lowest BCUT2D eigenvalue weighted by Gasteiger charge is -2.30. The highest BCUT2D eigenvalue weighted by atomic mass is 32.2. The van der Waals surface area contributed by atoms with Crippen LogP contribution in [0.15, 0.2) is 24.3 Å². The van der Waals surface area contributed by atoms with Crippen LogP contribution in [0, 0.1) is 6.92 Å². The molecule has 0 saturated carbocycles. The van der Waals surface area contributed by atoms with Crippen LogP contribution in [0.4, 0.5) is 10.5 Å². The molecular formula is C14H18N2O3S. The SMILES string of the molecule is Cc1ccc(N(C)C(=O)N2C(C)SCC2C(=O)O)cc1. The van der Waals surface area contributed by atoms with E-state index in [1.54, 1.807) is 7.05 Å². The molecule has 0 bridgehead atoms. The van der Waals surface area contributed by atoms with Crippen LogP contribution in [0.1, 0.15) is 12.5 Å². The second-order valence-corrected chi connectivity index (χ2v) is 6.22. The number of aliphatic carboxylic acids is 1. The van der Waals surface area contributed by atoms with Gasteiger partial charge >= 0.3 is 12.0 Å². The highest BCUT2D eigenvalue weighted by Gasteiger charge is 2.40. The van der Waals surface area contributed by atoms with Crippen molar-refractivity contribution in [2.45, 2.75) is 25.3 Å². The van der Waals surface area contributed by atoms with Gasteiger partial charge in [-0.3, -0.25) is 9.80 Å². The van der Waals surface area contributed by atoms with Crippen LogP contribution in [-0.4, -0.2) is 46.2 Å². The molecule has 1 heterocycles. The van der Waals surface area contributed by atoms with E-state index in [9.17, 15) is 14.7 Å². The molecule has 108 valence electrons. The minimum atomic E-state index is -0.951. The van der Waals surface area contributed by atoms with Gasteiger partial charge in [0.05, 0.1) is 5.37 Å². The molecule has 1 aromatic carbocycles. The first kappa shape index (κ1) is 14.7. The van der Waals surface area contributed by atoms with Crippen LogP contribution < -0.4 is 4.90 Å². The molecule has 1 fully saturated rings. The van der Waals surface area contributed by atoms with Crippen molar-refractivity contribution in [3.05, 3.63) is 29.8 Å². The van der Waals surface area contributed by atoms with Gasteiger partial charge in [0, 0.05) is 18.5 Å². The van der Waals surface area contributed by atoms with E-state index < -0.39 is 12.0 Å². The number of aryl methyl sites for hydroxylation is 1. The molecule has 6 heteroatoms. The Morgan fingerprint density at radius 2 is 1.95 bits per heavy atom. The molecule has 20 heavy (non-hydrogen) atoms. The standard InChI is InChI=1S/C14H18N2O3S/c1-9-4-6-11(7-5-9)15(3)14(19)16-10(2)20-8-12(16)13(17)18/h4-7,10,12H,8H2,1-3H3,(H,17,18). The summed E-state index contributed by atoms with van der Waals surface area (Å²) in [5.41, 5.74) is 1.87. The molecule has 1 saturated heterocycles. The average molecular weight is 294 g/mol. The van der Waals surface area contributed by atoms with E-state index in [0.29, 0.717) is 5.75 Å². The molecule has 0 aliphatic carbocycles. The summed E-state index contributed by atoms with van der Waals surface area (Å²) in [7, 11) is 1.67. The molecule has 2 rings (SSSR count). The van der Waals surface area contributed by atoms with E-state index in [0.717, 1.165) is 11.3 Å². The Hall–Kier alpha value is -1.69. The van der Waals surface area contributed by atoms with E-state index in [2.05, 4.69) is 0 Å². The maximum atomic E-state index is 12.5. The Morgan fingerprint density at radius 1 is 1.35 bits per heavy atom. The number of anilines is 1. The summed E-state index contributed by atoms with van der Waals surface area (Å²) in [6.07, 6.45) is 0. The van der Waals surface area contributed by atoms with Crippen molar-refractivity contribution < 1.29 is 14.7 Å². The summed E-state index contributed by atoms with van der Waals surface area (Å²) in [6.45, 7) is 3.83. The molecule has 1 aliphatic rings. The lowest BCUT2D eigenvalue weighted by Crippen LogP contribution is -2.50. The summed E-state index contributed by atoms with van der Waals surface area (Å²) in [4.78, 5) is 26.7. The number of amides is 2. The summed E-state index contributed by atoms with van der Waals surface area (Å²) in [6, 6.07) is 6.54. The largest absolute Gasteiger partial charge is 0.480 e. The van der Waals surface area contributed by atoms with Gasteiger partial charge in [0.1, 0.15) is 6.04 Å². The van der Waals surface area contributed by atoms with Crippen molar-refractivity contribution >= 4 is 29.4 Å². The van der Waals surface area contributed by atoms with E-state index >= 15 is 0 Å². The second-order valence-electron chi connectivity index (χ2n) is 4.87. The number of hydrogen-bond acceptors (Lipinski definition) is 3. The summed E-state index contributed by atoms with van der Waals surface area (Å²) in [5, 5.41) is 9.09. The molecule has 0 radical (unpaired) electrons. The number of carboxylic acids is 1. The first-order valence-corrected chi connectivity index (χ1v) is 7.44. The Balaban J connectivity index is 2.21. The van der Waals surface area contributed by atoms with E-state index in [4.69, 9.17) is 0 Å². The topological polar surface area (TPSA) is 60.9 Å². The molecule has 2 unspecified atom stereocenters. The average Bonchev–Trinajstić information content (AvgIpc) is 2.80. The third kappa shape index (κ3) is 2.75. The predicted octanol–water partition coefficient (Wildman–Crippen LogP) is 2.40. The van der Waals surface area contributed by atoms with Crippen molar-refractivity contribution in [3.8, 4) is 0 Å². The van der Waals surface area contributed by atoms with Gasteiger partial charge < -0.3 is 5.11 Å². The van der Waals surface area contributed by atoms with Gasteiger partial charge in [0.2, 0.25) is 0 Å². The van der Waals surface area contributed by atoms with Gasteiger partial charge in [-0.15, -0.1) is 11.8 Å². The van der Waals surface area contributed by atoms with Gasteiger partial charge in [0.15, 0.2) is 0 Å². The fourth-order valence-electron chi connectivity index (χ4n) is 2.18. The van der Waals surface area contributed by atoms with Crippen molar-refractivity contribution in [1.29, 1.82) is 0 Å². The third-order valence-electron chi connectivity index (χ3n) is 3.44. The molecular weight excluding hydrogens is 276 g/mol. The number of carboxylic acid groups (broad SMARTS) is 1. The lowest BCUT2D eigenvalue weighted by atomic mass is 10.2. The Bertz CT molecular complexity index is 518. The molecule has 2 amide bonds. The zero-order chi connectivity index (χ0) is 14.9. The number of hydrogen-bond donors (Lipinski definition) is 1. The maximum Gasteiger partial charge on any atom is 0.327 e. The van der Waals surface area contributed by atoms with Gasteiger partial charge in [-0.1, -0.05) is 17.7 Å². The summed E-state index contributed by atoms with van der Waals surface area (Å²) < 4.78 is 0. The molecule has 0 spiro atoms. The number of carbonyl (C=O) groups is 2. The number of rotatable bonds is 2. The van der Waals surface area contributed by atoms with Crippen molar-refractivity contribution in [2.24, 2.45) is 0 Å². The molecule has 0 aromatic heterocycles. The zero-order valence-corrected chi connectivity index (χ0v) is 12.6. The molecule has 5 nitrogen and oxygen atoms in total. The number of nitrogens with zero attached hydrogens (tertiary/aromatic N) is 2. The first-order chi connectivity index (χ1) is 9.41. The van der Waals surface area contributed by atoms with Gasteiger partial charge in [0.25, 0.3) is 0 Å². The van der Waals surface area contributed by atoms with Crippen LogP contribution in [0.5, 0.6) is 0 Å². The fraction of sp³-hybridized carbons (Fsp3) is 0.429. The Kier molecular flexibility index (Phi) is 4.23. The normalized spacial score (nSPS) is 21.9. The van der Waals surface area contributed by atoms with E-state index in [-0.39, 0.29) is 11.4 Å². The van der Waals surface area contributed by atoms with Crippen LogP contribution in [0.3, 0.4) is 0 Å². The highest BCUT2D eigenvalue weighted by molar-refractivity contribution is 8.00. The minimum absolute atomic E-state index is 0.128. The predicted molar refractivity (Wildman–Crippen MR) is 80.2 cm³/mol. The van der Waals surface area contributed by atoms with Crippen molar-refractivity contribution in [1.82, 2.24) is 4.90 Å². The Morgan fingerprint density at radius 3 is 2.50 bits per heavy atom. The third-order valence-corrected chi connectivity index (χ3v) is 4.65. The maximum absolute atomic E-state index is 12.5. The van der Waals surface area contributed by atoms with Crippen LogP contribution >= 0.6 is 11.8 Å². The molecule has 1 aromatic rings. The Labute approximate surface area is 122 Å². The molecule has 1 N–H and O–H groups in total. The van der Waals surface area contributed by atoms with Crippen LogP contribution in [0.2, 0.25) is 0 Å². The summed E-state index contributed by atoms with van der Waals surface area (Å²) >= 11 is 1.48.